The van der Waals surface area contributed by atoms with Crippen LogP contribution < -0.4 is 0 Å². The third kappa shape index (κ3) is 5.55. The highest BCUT2D eigenvalue weighted by molar-refractivity contribution is 5.87. The van der Waals surface area contributed by atoms with Crippen molar-refractivity contribution in [1.82, 2.24) is 9.80 Å². The summed E-state index contributed by atoms with van der Waals surface area (Å²) >= 11 is 0. The van der Waals surface area contributed by atoms with Crippen molar-refractivity contribution in [3.63, 3.8) is 0 Å². The largest absolute Gasteiger partial charge is 0.339 e. The zero-order valence-corrected chi connectivity index (χ0v) is 18.4. The van der Waals surface area contributed by atoms with Crippen LogP contribution in [-0.4, -0.2) is 47.8 Å². The minimum absolute atomic E-state index is 0.131. The molecule has 1 heterocycles. The Balaban J connectivity index is 1.35. The highest BCUT2D eigenvalue weighted by Crippen LogP contribution is 2.29. The van der Waals surface area contributed by atoms with Gasteiger partial charge in [-0.05, 0) is 23.5 Å². The summed E-state index contributed by atoms with van der Waals surface area (Å²) in [5.74, 6) is 0.834. The summed E-state index contributed by atoms with van der Waals surface area (Å²) < 4.78 is 0. The lowest BCUT2D eigenvalue weighted by Crippen LogP contribution is -2.51. The van der Waals surface area contributed by atoms with E-state index in [4.69, 9.17) is 0 Å². The summed E-state index contributed by atoms with van der Waals surface area (Å²) in [6.07, 6.45) is 8.27. The molecule has 1 saturated heterocycles. The van der Waals surface area contributed by atoms with Crippen LogP contribution in [0.25, 0.3) is 0 Å². The zero-order valence-electron chi connectivity index (χ0n) is 18.4. The van der Waals surface area contributed by atoms with E-state index in [1.54, 1.807) is 0 Å². The van der Waals surface area contributed by atoms with E-state index < -0.39 is 0 Å². The summed E-state index contributed by atoms with van der Waals surface area (Å²) in [4.78, 5) is 30.2. The Morgan fingerprint density at radius 1 is 0.742 bits per heavy atom. The van der Waals surface area contributed by atoms with Gasteiger partial charge in [-0.3, -0.25) is 9.59 Å². The van der Waals surface area contributed by atoms with E-state index in [-0.39, 0.29) is 17.7 Å². The smallest absolute Gasteiger partial charge is 0.234 e. The second-order valence-electron chi connectivity index (χ2n) is 9.00. The van der Waals surface area contributed by atoms with Crippen LogP contribution in [-0.2, 0) is 9.59 Å². The Morgan fingerprint density at radius 2 is 1.26 bits per heavy atom. The summed E-state index contributed by atoms with van der Waals surface area (Å²) in [5, 5.41) is 0. The van der Waals surface area contributed by atoms with Gasteiger partial charge in [0.2, 0.25) is 11.8 Å². The molecule has 0 bridgehead atoms. The molecular formula is C27H34N2O2. The fraction of sp³-hybridized carbons (Fsp3) is 0.481. The summed E-state index contributed by atoms with van der Waals surface area (Å²) in [5.41, 5.74) is 2.04. The maximum atomic E-state index is 13.5. The molecule has 31 heavy (non-hydrogen) atoms. The molecule has 0 atom stereocenters. The Labute approximate surface area is 186 Å². The minimum atomic E-state index is -0.295. The van der Waals surface area contributed by atoms with Crippen LogP contribution in [0, 0.1) is 5.92 Å². The van der Waals surface area contributed by atoms with Crippen molar-refractivity contribution in [1.29, 1.82) is 0 Å². The van der Waals surface area contributed by atoms with Gasteiger partial charge in [-0.15, -0.1) is 0 Å². The maximum Gasteiger partial charge on any atom is 0.234 e. The molecule has 2 aromatic rings. The van der Waals surface area contributed by atoms with Crippen molar-refractivity contribution in [2.45, 2.75) is 50.9 Å². The molecule has 0 aromatic heterocycles. The van der Waals surface area contributed by atoms with Gasteiger partial charge in [0.25, 0.3) is 0 Å². The van der Waals surface area contributed by atoms with Crippen LogP contribution in [0.2, 0.25) is 0 Å². The number of hydrogen-bond acceptors (Lipinski definition) is 2. The van der Waals surface area contributed by atoms with Crippen molar-refractivity contribution in [3.8, 4) is 0 Å². The van der Waals surface area contributed by atoms with Crippen LogP contribution in [0.3, 0.4) is 0 Å². The molecule has 2 amide bonds. The van der Waals surface area contributed by atoms with Crippen LogP contribution in [0.15, 0.2) is 60.7 Å². The van der Waals surface area contributed by atoms with Crippen LogP contribution in [0.5, 0.6) is 0 Å². The molecule has 4 nitrogen and oxygen atoms in total. The lowest BCUT2D eigenvalue weighted by Gasteiger charge is -2.37. The average Bonchev–Trinajstić information content (AvgIpc) is 2.85. The van der Waals surface area contributed by atoms with Crippen LogP contribution >= 0.6 is 0 Å². The molecule has 164 valence electrons. The number of benzene rings is 2. The molecule has 1 saturated carbocycles. The number of nitrogens with zero attached hydrogens (tertiary/aromatic N) is 2. The Hall–Kier alpha value is -2.62. The van der Waals surface area contributed by atoms with Gasteiger partial charge in [-0.25, -0.2) is 0 Å². The summed E-state index contributed by atoms with van der Waals surface area (Å²) in [6, 6.07) is 20.0. The first-order chi connectivity index (χ1) is 15.2. The molecule has 2 aromatic carbocycles. The zero-order chi connectivity index (χ0) is 21.5. The SMILES string of the molecule is O=C(CCC1CCCCC1)N1CCN(C(=O)C(c2ccccc2)c2ccccc2)CC1. The van der Waals surface area contributed by atoms with Crippen molar-refractivity contribution in [3.05, 3.63) is 71.8 Å². The van der Waals surface area contributed by atoms with E-state index in [1.165, 1.54) is 32.1 Å². The van der Waals surface area contributed by atoms with E-state index in [0.29, 0.717) is 32.6 Å². The normalized spacial score (nSPS) is 17.7. The monoisotopic (exact) mass is 418 g/mol. The first kappa shape index (κ1) is 21.6. The summed E-state index contributed by atoms with van der Waals surface area (Å²) in [6.45, 7) is 2.52. The molecule has 4 rings (SSSR count). The molecule has 4 heteroatoms. The van der Waals surface area contributed by atoms with E-state index in [1.807, 2.05) is 70.5 Å². The highest BCUT2D eigenvalue weighted by atomic mass is 16.2. The van der Waals surface area contributed by atoms with E-state index in [9.17, 15) is 9.59 Å². The Morgan fingerprint density at radius 3 is 1.81 bits per heavy atom. The Bertz CT molecular complexity index is 799. The van der Waals surface area contributed by atoms with Crippen LogP contribution in [0.4, 0.5) is 0 Å². The quantitative estimate of drug-likeness (QED) is 0.673. The molecule has 2 fully saturated rings. The number of piperazine rings is 1. The predicted octanol–water partition coefficient (Wildman–Crippen LogP) is 4.85. The molecule has 2 aliphatic rings. The van der Waals surface area contributed by atoms with Gasteiger partial charge in [0.05, 0.1) is 5.92 Å². The van der Waals surface area contributed by atoms with Gasteiger partial charge in [0.1, 0.15) is 0 Å². The topological polar surface area (TPSA) is 40.6 Å². The molecule has 1 aliphatic heterocycles. The molecule has 0 unspecified atom stereocenters. The van der Waals surface area contributed by atoms with Gasteiger partial charge in [0.15, 0.2) is 0 Å². The standard InChI is InChI=1S/C27H34N2O2/c30-25(17-16-22-10-4-1-5-11-22)28-18-20-29(21-19-28)27(31)26(23-12-6-2-7-13-23)24-14-8-3-9-15-24/h2-3,6-9,12-15,22,26H,1,4-5,10-11,16-21H2. The fourth-order valence-electron chi connectivity index (χ4n) is 5.09. The molecular weight excluding hydrogens is 384 g/mol. The molecule has 0 spiro atoms. The first-order valence-electron chi connectivity index (χ1n) is 11.9. The number of carbonyl (C=O) groups excluding carboxylic acids is 2. The van der Waals surface area contributed by atoms with Crippen LogP contribution in [0.1, 0.15) is 62.0 Å². The number of hydrogen-bond donors (Lipinski definition) is 0. The molecule has 0 N–H and O–H groups in total. The second-order valence-corrected chi connectivity index (χ2v) is 9.00. The van der Waals surface area contributed by atoms with Gasteiger partial charge in [0, 0.05) is 32.6 Å². The van der Waals surface area contributed by atoms with Gasteiger partial charge in [-0.1, -0.05) is 92.8 Å². The fourth-order valence-corrected chi connectivity index (χ4v) is 5.09. The number of carbonyl (C=O) groups is 2. The Kier molecular flexibility index (Phi) is 7.39. The van der Waals surface area contributed by atoms with Gasteiger partial charge >= 0.3 is 0 Å². The lowest BCUT2D eigenvalue weighted by molar-refractivity contribution is -0.140. The third-order valence-electron chi connectivity index (χ3n) is 6.95. The lowest BCUT2D eigenvalue weighted by atomic mass is 9.86. The van der Waals surface area contributed by atoms with E-state index >= 15 is 0 Å². The van der Waals surface area contributed by atoms with E-state index in [0.717, 1.165) is 23.5 Å². The minimum Gasteiger partial charge on any atom is -0.339 e. The third-order valence-corrected chi connectivity index (χ3v) is 6.95. The second kappa shape index (κ2) is 10.6. The average molecular weight is 419 g/mol. The number of amides is 2. The van der Waals surface area contributed by atoms with Gasteiger partial charge < -0.3 is 9.80 Å². The van der Waals surface area contributed by atoms with Crippen molar-refractivity contribution in [2.75, 3.05) is 26.2 Å². The molecule has 1 aliphatic carbocycles. The summed E-state index contributed by atoms with van der Waals surface area (Å²) in [7, 11) is 0. The molecule has 0 radical (unpaired) electrons. The number of rotatable bonds is 6. The van der Waals surface area contributed by atoms with E-state index in [2.05, 4.69) is 0 Å². The van der Waals surface area contributed by atoms with Crippen molar-refractivity contribution < 1.29 is 9.59 Å². The van der Waals surface area contributed by atoms with Crippen molar-refractivity contribution >= 4 is 11.8 Å². The van der Waals surface area contributed by atoms with Crippen molar-refractivity contribution in [2.24, 2.45) is 5.92 Å². The first-order valence-corrected chi connectivity index (χ1v) is 11.9. The predicted molar refractivity (Wildman–Crippen MR) is 124 cm³/mol. The maximum absolute atomic E-state index is 13.5. The highest BCUT2D eigenvalue weighted by Gasteiger charge is 2.31. The van der Waals surface area contributed by atoms with Gasteiger partial charge in [-0.2, -0.15) is 0 Å².